The minimum Gasteiger partial charge on any atom is -0.493 e. The van der Waals surface area contributed by atoms with E-state index in [-0.39, 0.29) is 6.04 Å². The van der Waals surface area contributed by atoms with Crippen LogP contribution in [0, 0.1) is 5.92 Å². The Morgan fingerprint density at radius 2 is 1.88 bits per heavy atom. The summed E-state index contributed by atoms with van der Waals surface area (Å²) < 4.78 is 10.7. The number of fused-ring (bicyclic) bond motifs is 1. The van der Waals surface area contributed by atoms with Gasteiger partial charge in [0, 0.05) is 11.8 Å². The molecular weight excluding hydrogens is 234 g/mol. The van der Waals surface area contributed by atoms with E-state index in [0.717, 1.165) is 23.0 Å². The molecule has 4 heteroatoms. The normalized spacial score (nSPS) is 23.8. The highest BCUT2D eigenvalue weighted by Gasteiger charge is 2.23. The molecule has 0 bridgehead atoms. The van der Waals surface area contributed by atoms with Gasteiger partial charge in [0.05, 0.1) is 14.2 Å². The molecule has 17 heavy (non-hydrogen) atoms. The largest absolute Gasteiger partial charge is 0.493 e. The fraction of sp³-hybridized carbons (Fsp3) is 0.538. The van der Waals surface area contributed by atoms with Gasteiger partial charge in [-0.05, 0) is 34.9 Å². The quantitative estimate of drug-likeness (QED) is 0.880. The van der Waals surface area contributed by atoms with Crippen molar-refractivity contribution >= 4 is 11.8 Å². The van der Waals surface area contributed by atoms with Crippen LogP contribution in [0.2, 0.25) is 0 Å². The zero-order chi connectivity index (χ0) is 12.4. The Kier molecular flexibility index (Phi) is 3.84. The standard InChI is InChI=1S/C13H19NO2S/c1-8-6-17-7-9-4-11(15-2)12(16-3)5-10(9)13(8)14/h4-5,8,13H,6-7,14H2,1-3H3. The molecule has 0 spiro atoms. The first-order chi connectivity index (χ1) is 8.17. The molecule has 2 unspecified atom stereocenters. The summed E-state index contributed by atoms with van der Waals surface area (Å²) >= 11 is 1.93. The molecule has 0 saturated carbocycles. The predicted octanol–water partition coefficient (Wildman–Crippen LogP) is 2.59. The van der Waals surface area contributed by atoms with Gasteiger partial charge < -0.3 is 15.2 Å². The SMILES string of the molecule is COc1cc2c(cc1OC)C(N)C(C)CSC2. The third-order valence-electron chi connectivity index (χ3n) is 3.26. The van der Waals surface area contributed by atoms with Crippen LogP contribution >= 0.6 is 11.8 Å². The van der Waals surface area contributed by atoms with Crippen molar-refractivity contribution in [1.82, 2.24) is 0 Å². The van der Waals surface area contributed by atoms with Gasteiger partial charge in [-0.15, -0.1) is 0 Å². The maximum absolute atomic E-state index is 6.30. The first kappa shape index (κ1) is 12.6. The van der Waals surface area contributed by atoms with E-state index in [1.54, 1.807) is 14.2 Å². The monoisotopic (exact) mass is 253 g/mol. The van der Waals surface area contributed by atoms with E-state index < -0.39 is 0 Å². The van der Waals surface area contributed by atoms with Gasteiger partial charge >= 0.3 is 0 Å². The van der Waals surface area contributed by atoms with Crippen LogP contribution in [0.4, 0.5) is 0 Å². The number of rotatable bonds is 2. The number of hydrogen-bond donors (Lipinski definition) is 1. The van der Waals surface area contributed by atoms with Gasteiger partial charge in [0.2, 0.25) is 0 Å². The van der Waals surface area contributed by atoms with Crippen LogP contribution in [-0.2, 0) is 5.75 Å². The van der Waals surface area contributed by atoms with Crippen molar-refractivity contribution < 1.29 is 9.47 Å². The van der Waals surface area contributed by atoms with Gasteiger partial charge in [-0.1, -0.05) is 6.92 Å². The predicted molar refractivity (Wildman–Crippen MR) is 71.8 cm³/mol. The van der Waals surface area contributed by atoms with Gasteiger partial charge in [0.15, 0.2) is 11.5 Å². The van der Waals surface area contributed by atoms with Crippen LogP contribution < -0.4 is 15.2 Å². The van der Waals surface area contributed by atoms with Crippen molar-refractivity contribution in [2.75, 3.05) is 20.0 Å². The summed E-state index contributed by atoms with van der Waals surface area (Å²) in [6.45, 7) is 2.20. The first-order valence-electron chi connectivity index (χ1n) is 5.75. The Balaban J connectivity index is 2.49. The maximum Gasteiger partial charge on any atom is 0.161 e. The molecule has 2 atom stereocenters. The van der Waals surface area contributed by atoms with E-state index in [0.29, 0.717) is 5.92 Å². The molecule has 0 radical (unpaired) electrons. The number of hydrogen-bond acceptors (Lipinski definition) is 4. The molecule has 1 aliphatic heterocycles. The van der Waals surface area contributed by atoms with Gasteiger partial charge in [-0.2, -0.15) is 11.8 Å². The highest BCUT2D eigenvalue weighted by molar-refractivity contribution is 7.98. The molecule has 0 aliphatic carbocycles. The molecule has 0 aromatic heterocycles. The molecule has 1 aromatic carbocycles. The second-order valence-corrected chi connectivity index (χ2v) is 5.45. The number of ether oxygens (including phenoxy) is 2. The molecule has 0 amide bonds. The van der Waals surface area contributed by atoms with Crippen LogP contribution in [-0.4, -0.2) is 20.0 Å². The Hall–Kier alpha value is -0.870. The lowest BCUT2D eigenvalue weighted by Crippen LogP contribution is -2.20. The van der Waals surface area contributed by atoms with E-state index in [4.69, 9.17) is 15.2 Å². The third-order valence-corrected chi connectivity index (χ3v) is 4.53. The minimum atomic E-state index is 0.0832. The number of nitrogens with two attached hydrogens (primary N) is 1. The minimum absolute atomic E-state index is 0.0832. The summed E-state index contributed by atoms with van der Waals surface area (Å²) in [5.41, 5.74) is 8.76. The summed E-state index contributed by atoms with van der Waals surface area (Å²) in [6, 6.07) is 4.17. The third kappa shape index (κ3) is 2.38. The van der Waals surface area contributed by atoms with Gasteiger partial charge in [0.25, 0.3) is 0 Å². The highest BCUT2D eigenvalue weighted by Crippen LogP contribution is 2.39. The Labute approximate surface area is 107 Å². The molecule has 3 nitrogen and oxygen atoms in total. The molecule has 1 aliphatic rings. The fourth-order valence-corrected chi connectivity index (χ4v) is 3.30. The van der Waals surface area contributed by atoms with Crippen molar-refractivity contribution in [3.63, 3.8) is 0 Å². The van der Waals surface area contributed by atoms with E-state index >= 15 is 0 Å². The maximum atomic E-state index is 6.30. The second-order valence-electron chi connectivity index (χ2n) is 4.42. The zero-order valence-electron chi connectivity index (χ0n) is 10.5. The zero-order valence-corrected chi connectivity index (χ0v) is 11.3. The molecule has 0 fully saturated rings. The van der Waals surface area contributed by atoms with Crippen molar-refractivity contribution in [1.29, 1.82) is 0 Å². The topological polar surface area (TPSA) is 44.5 Å². The Morgan fingerprint density at radius 3 is 2.53 bits per heavy atom. The number of thioether (sulfide) groups is 1. The summed E-state index contributed by atoms with van der Waals surface area (Å²) in [5.74, 6) is 4.13. The van der Waals surface area contributed by atoms with Crippen molar-refractivity contribution in [2.24, 2.45) is 11.7 Å². The van der Waals surface area contributed by atoms with Crippen molar-refractivity contribution in [3.8, 4) is 11.5 Å². The second kappa shape index (κ2) is 5.19. The van der Waals surface area contributed by atoms with E-state index in [2.05, 4.69) is 13.0 Å². The van der Waals surface area contributed by atoms with Crippen LogP contribution in [0.1, 0.15) is 24.1 Å². The summed E-state index contributed by atoms with van der Waals surface area (Å²) in [6.07, 6.45) is 0. The smallest absolute Gasteiger partial charge is 0.161 e. The Bertz CT molecular complexity index is 409. The van der Waals surface area contributed by atoms with E-state index in [1.807, 2.05) is 17.8 Å². The van der Waals surface area contributed by atoms with Gasteiger partial charge in [-0.25, -0.2) is 0 Å². The number of benzene rings is 1. The molecule has 1 aromatic rings. The average Bonchev–Trinajstić information content (AvgIpc) is 2.48. The summed E-state index contributed by atoms with van der Waals surface area (Å²) in [5, 5.41) is 0. The van der Waals surface area contributed by atoms with Crippen LogP contribution in [0.3, 0.4) is 0 Å². The molecule has 1 heterocycles. The number of methoxy groups -OCH3 is 2. The highest BCUT2D eigenvalue weighted by atomic mass is 32.2. The average molecular weight is 253 g/mol. The molecular formula is C13H19NO2S. The van der Waals surface area contributed by atoms with E-state index in [9.17, 15) is 0 Å². The lowest BCUT2D eigenvalue weighted by Gasteiger charge is -2.20. The van der Waals surface area contributed by atoms with Crippen LogP contribution in [0.15, 0.2) is 12.1 Å². The molecule has 0 saturated heterocycles. The van der Waals surface area contributed by atoms with Crippen molar-refractivity contribution in [2.45, 2.75) is 18.7 Å². The van der Waals surface area contributed by atoms with Crippen molar-refractivity contribution in [3.05, 3.63) is 23.3 Å². The lowest BCUT2D eigenvalue weighted by molar-refractivity contribution is 0.353. The summed E-state index contributed by atoms with van der Waals surface area (Å²) in [7, 11) is 3.32. The molecule has 2 rings (SSSR count). The van der Waals surface area contributed by atoms with Gasteiger partial charge in [-0.3, -0.25) is 0 Å². The van der Waals surface area contributed by atoms with Crippen LogP contribution in [0.25, 0.3) is 0 Å². The molecule has 94 valence electrons. The van der Waals surface area contributed by atoms with E-state index in [1.165, 1.54) is 11.1 Å². The summed E-state index contributed by atoms with van der Waals surface area (Å²) in [4.78, 5) is 0. The van der Waals surface area contributed by atoms with Gasteiger partial charge in [0.1, 0.15) is 0 Å². The first-order valence-corrected chi connectivity index (χ1v) is 6.91. The van der Waals surface area contributed by atoms with Crippen LogP contribution in [0.5, 0.6) is 11.5 Å². The molecule has 2 N–H and O–H groups in total. The lowest BCUT2D eigenvalue weighted by atomic mass is 9.93. The Morgan fingerprint density at radius 1 is 1.24 bits per heavy atom. The fourth-order valence-electron chi connectivity index (χ4n) is 2.14.